The van der Waals surface area contributed by atoms with Crippen molar-refractivity contribution < 1.29 is 4.79 Å². The lowest BCUT2D eigenvalue weighted by Crippen LogP contribution is -2.35. The molecule has 3 nitrogen and oxygen atoms in total. The van der Waals surface area contributed by atoms with Gasteiger partial charge in [0.05, 0.1) is 4.91 Å². The van der Waals surface area contributed by atoms with Crippen molar-refractivity contribution in [2.24, 2.45) is 11.8 Å². The number of amides is 1. The molecule has 2 aliphatic heterocycles. The summed E-state index contributed by atoms with van der Waals surface area (Å²) in [6.45, 7) is 9.25. The Hall–Kier alpha value is -0.550. The summed E-state index contributed by atoms with van der Waals surface area (Å²) in [4.78, 5) is 16.8. The number of hydrogen-bond acceptors (Lipinski definition) is 4. The number of carbonyl (C=O) groups excluding carboxylic acids is 1. The highest BCUT2D eigenvalue weighted by molar-refractivity contribution is 8.26. The molecule has 0 saturated carbocycles. The number of thiocarbonyl (C=S) groups is 1. The molecule has 2 aliphatic rings. The average molecular weight is 284 g/mol. The minimum atomic E-state index is 0.0679. The average Bonchev–Trinajstić information content (AvgIpc) is 2.52. The molecule has 100 valence electrons. The Balaban J connectivity index is 2.09. The van der Waals surface area contributed by atoms with Gasteiger partial charge in [0.25, 0.3) is 5.91 Å². The summed E-state index contributed by atoms with van der Waals surface area (Å²) in [5.74, 6) is 1.46. The first-order valence-corrected chi connectivity index (χ1v) is 7.73. The molecule has 0 aromatic rings. The number of nitrogens with zero attached hydrogens (tertiary/aromatic N) is 2. The lowest BCUT2D eigenvalue weighted by molar-refractivity contribution is -0.122. The van der Waals surface area contributed by atoms with Gasteiger partial charge in [-0.3, -0.25) is 9.69 Å². The number of thioether (sulfide) groups is 1. The van der Waals surface area contributed by atoms with Crippen LogP contribution in [0.4, 0.5) is 0 Å². The molecule has 0 aromatic carbocycles. The largest absolute Gasteiger partial charge is 0.376 e. The molecule has 1 amide bonds. The van der Waals surface area contributed by atoms with Crippen molar-refractivity contribution in [3.8, 4) is 0 Å². The van der Waals surface area contributed by atoms with Crippen LogP contribution in [0.2, 0.25) is 0 Å². The van der Waals surface area contributed by atoms with Gasteiger partial charge in [0, 0.05) is 25.8 Å². The number of likely N-dealkylation sites (tertiary alicyclic amines) is 1. The summed E-state index contributed by atoms with van der Waals surface area (Å²) in [5.41, 5.74) is 0. The van der Waals surface area contributed by atoms with Gasteiger partial charge in [-0.05, 0) is 25.2 Å². The van der Waals surface area contributed by atoms with E-state index in [1.807, 2.05) is 13.1 Å². The van der Waals surface area contributed by atoms with Crippen LogP contribution in [0, 0.1) is 11.8 Å². The van der Waals surface area contributed by atoms with Crippen LogP contribution in [0.1, 0.15) is 27.2 Å². The van der Waals surface area contributed by atoms with Crippen molar-refractivity contribution in [3.63, 3.8) is 0 Å². The quantitative estimate of drug-likeness (QED) is 0.574. The van der Waals surface area contributed by atoms with E-state index in [4.69, 9.17) is 12.2 Å². The smallest absolute Gasteiger partial charge is 0.267 e. The third-order valence-corrected chi connectivity index (χ3v) is 4.75. The number of piperidine rings is 1. The molecule has 2 rings (SSSR count). The molecule has 0 radical (unpaired) electrons. The molecule has 2 fully saturated rings. The van der Waals surface area contributed by atoms with Gasteiger partial charge < -0.3 is 4.90 Å². The second kappa shape index (κ2) is 5.61. The molecular formula is C13H20N2OS2. The monoisotopic (exact) mass is 284 g/mol. The van der Waals surface area contributed by atoms with E-state index in [0.29, 0.717) is 22.7 Å². The molecule has 0 aromatic heterocycles. The zero-order valence-electron chi connectivity index (χ0n) is 11.2. The zero-order valence-corrected chi connectivity index (χ0v) is 12.8. The van der Waals surface area contributed by atoms with Crippen molar-refractivity contribution in [3.05, 3.63) is 11.1 Å². The Bertz CT molecular complexity index is 384. The Kier molecular flexibility index (Phi) is 4.33. The van der Waals surface area contributed by atoms with Gasteiger partial charge in [-0.25, -0.2) is 0 Å². The van der Waals surface area contributed by atoms with Crippen LogP contribution in [0.5, 0.6) is 0 Å². The molecule has 5 heteroatoms. The highest BCUT2D eigenvalue weighted by Crippen LogP contribution is 2.32. The van der Waals surface area contributed by atoms with Crippen LogP contribution < -0.4 is 0 Å². The fraction of sp³-hybridized carbons (Fsp3) is 0.692. The molecule has 0 aliphatic carbocycles. The van der Waals surface area contributed by atoms with Gasteiger partial charge in [-0.1, -0.05) is 37.8 Å². The Labute approximate surface area is 119 Å². The van der Waals surface area contributed by atoms with Gasteiger partial charge >= 0.3 is 0 Å². The molecule has 18 heavy (non-hydrogen) atoms. The molecule has 0 bridgehead atoms. The van der Waals surface area contributed by atoms with Gasteiger partial charge in [-0.15, -0.1) is 0 Å². The van der Waals surface area contributed by atoms with E-state index < -0.39 is 0 Å². The highest BCUT2D eigenvalue weighted by atomic mass is 32.2. The lowest BCUT2D eigenvalue weighted by atomic mass is 9.92. The van der Waals surface area contributed by atoms with E-state index in [2.05, 4.69) is 18.7 Å². The van der Waals surface area contributed by atoms with Crippen LogP contribution in [0.3, 0.4) is 0 Å². The second-order valence-corrected chi connectivity index (χ2v) is 6.99. The fourth-order valence-electron chi connectivity index (χ4n) is 2.75. The summed E-state index contributed by atoms with van der Waals surface area (Å²) in [6, 6.07) is 0. The first-order chi connectivity index (χ1) is 8.51. The minimum absolute atomic E-state index is 0.0679. The van der Waals surface area contributed by atoms with E-state index in [-0.39, 0.29) is 5.91 Å². The van der Waals surface area contributed by atoms with Crippen LogP contribution in [0.15, 0.2) is 11.1 Å². The minimum Gasteiger partial charge on any atom is -0.376 e. The standard InChI is InChI=1S/C13H20N2OS2/c1-4-15-12(16)11(18-13(15)17)8-14-6-9(2)5-10(3)7-14/h8-10H,4-7H2,1-3H3/b11-8-/t9-,10-/m1/s1. The maximum absolute atomic E-state index is 12.1. The van der Waals surface area contributed by atoms with Gasteiger partial charge in [0.1, 0.15) is 4.32 Å². The molecule has 0 spiro atoms. The van der Waals surface area contributed by atoms with E-state index in [0.717, 1.165) is 18.0 Å². The first kappa shape index (κ1) is 13.9. The van der Waals surface area contributed by atoms with E-state index >= 15 is 0 Å². The van der Waals surface area contributed by atoms with Crippen molar-refractivity contribution >= 4 is 34.2 Å². The fourth-order valence-corrected chi connectivity index (χ4v) is 4.14. The molecule has 2 atom stereocenters. The summed E-state index contributed by atoms with van der Waals surface area (Å²) < 4.78 is 0.687. The zero-order chi connectivity index (χ0) is 13.3. The van der Waals surface area contributed by atoms with Crippen LogP contribution in [0.25, 0.3) is 0 Å². The number of likely N-dealkylation sites (N-methyl/N-ethyl adjacent to an activating group) is 1. The van der Waals surface area contributed by atoms with Crippen LogP contribution in [-0.4, -0.2) is 39.7 Å². The molecule has 2 heterocycles. The summed E-state index contributed by atoms with van der Waals surface area (Å²) in [6.07, 6.45) is 3.29. The van der Waals surface area contributed by atoms with Crippen molar-refractivity contribution in [2.45, 2.75) is 27.2 Å². The summed E-state index contributed by atoms with van der Waals surface area (Å²) in [5, 5.41) is 0. The van der Waals surface area contributed by atoms with E-state index in [9.17, 15) is 4.79 Å². The molecule has 0 unspecified atom stereocenters. The topological polar surface area (TPSA) is 23.6 Å². The van der Waals surface area contributed by atoms with Crippen molar-refractivity contribution in [1.29, 1.82) is 0 Å². The first-order valence-electron chi connectivity index (χ1n) is 6.50. The lowest BCUT2D eigenvalue weighted by Gasteiger charge is -2.34. The van der Waals surface area contributed by atoms with Gasteiger partial charge in [-0.2, -0.15) is 0 Å². The van der Waals surface area contributed by atoms with Gasteiger partial charge in [0.15, 0.2) is 0 Å². The van der Waals surface area contributed by atoms with Crippen molar-refractivity contribution in [1.82, 2.24) is 9.80 Å². The normalized spacial score (nSPS) is 31.6. The molecular weight excluding hydrogens is 264 g/mol. The highest BCUT2D eigenvalue weighted by Gasteiger charge is 2.32. The number of rotatable bonds is 2. The Morgan fingerprint density at radius 2 is 2.00 bits per heavy atom. The van der Waals surface area contributed by atoms with Gasteiger partial charge in [0.2, 0.25) is 0 Å². The van der Waals surface area contributed by atoms with E-state index in [1.54, 1.807) is 4.90 Å². The third-order valence-electron chi connectivity index (χ3n) is 3.39. The van der Waals surface area contributed by atoms with E-state index in [1.165, 1.54) is 18.2 Å². The Morgan fingerprint density at radius 1 is 1.39 bits per heavy atom. The Morgan fingerprint density at radius 3 is 2.50 bits per heavy atom. The summed E-state index contributed by atoms with van der Waals surface area (Å²) >= 11 is 6.65. The predicted octanol–water partition coefficient (Wildman–Crippen LogP) is 2.69. The number of hydrogen-bond donors (Lipinski definition) is 0. The maximum Gasteiger partial charge on any atom is 0.267 e. The molecule has 0 N–H and O–H groups in total. The van der Waals surface area contributed by atoms with Crippen molar-refractivity contribution in [2.75, 3.05) is 19.6 Å². The number of carbonyl (C=O) groups is 1. The summed E-state index contributed by atoms with van der Waals surface area (Å²) in [7, 11) is 0. The molecule has 2 saturated heterocycles. The van der Waals surface area contributed by atoms with Crippen LogP contribution in [-0.2, 0) is 4.79 Å². The van der Waals surface area contributed by atoms with Crippen LogP contribution >= 0.6 is 24.0 Å². The third kappa shape index (κ3) is 2.88. The maximum atomic E-state index is 12.1. The second-order valence-electron chi connectivity index (χ2n) is 5.31. The predicted molar refractivity (Wildman–Crippen MR) is 80.2 cm³/mol. The SMILES string of the molecule is CCN1C(=O)/C(=C/N2C[C@H](C)C[C@@H](C)C2)SC1=S.